The fourth-order valence-corrected chi connectivity index (χ4v) is 4.06. The van der Waals surface area contributed by atoms with E-state index in [0.717, 1.165) is 22.3 Å². The predicted octanol–water partition coefficient (Wildman–Crippen LogP) is 7.53. The highest BCUT2D eigenvalue weighted by molar-refractivity contribution is 5.52. The van der Waals surface area contributed by atoms with Crippen LogP contribution in [-0.4, -0.2) is 0 Å². The zero-order chi connectivity index (χ0) is 23.2. The molecule has 0 spiro atoms. The quantitative estimate of drug-likeness (QED) is 0.319. The van der Waals surface area contributed by atoms with Gasteiger partial charge in [-0.1, -0.05) is 74.5 Å². The summed E-state index contributed by atoms with van der Waals surface area (Å²) in [5, 5.41) is 18.9. The van der Waals surface area contributed by atoms with Crippen molar-refractivity contribution in [2.75, 3.05) is 0 Å². The summed E-state index contributed by atoms with van der Waals surface area (Å²) < 4.78 is 6.51. The van der Waals surface area contributed by atoms with E-state index in [1.807, 2.05) is 60.7 Å². The van der Waals surface area contributed by atoms with Crippen molar-refractivity contribution >= 4 is 0 Å². The average molecular weight is 429 g/mol. The third kappa shape index (κ3) is 4.79. The van der Waals surface area contributed by atoms with Crippen molar-refractivity contribution in [3.63, 3.8) is 0 Å². The van der Waals surface area contributed by atoms with Gasteiger partial charge in [-0.3, -0.25) is 0 Å². The lowest BCUT2D eigenvalue weighted by Crippen LogP contribution is -2.03. The standard InChI is InChI=1S/C30H24N2O/c1-21(25-9-5-3-6-10-25)27-17-23(19-31)13-15-29(27)33-30-16-14-24(20-32)18-28(30)22(2)26-11-7-4-8-12-26/h3-18,21-22H,1-2H3. The molecule has 0 bridgehead atoms. The molecule has 0 aromatic heterocycles. The maximum absolute atomic E-state index is 9.47. The van der Waals surface area contributed by atoms with Gasteiger partial charge in [0, 0.05) is 23.0 Å². The van der Waals surface area contributed by atoms with Gasteiger partial charge in [-0.25, -0.2) is 0 Å². The van der Waals surface area contributed by atoms with Gasteiger partial charge in [0.25, 0.3) is 0 Å². The molecule has 0 heterocycles. The minimum atomic E-state index is 0.0443. The molecule has 3 nitrogen and oxygen atoms in total. The molecule has 4 rings (SSSR count). The van der Waals surface area contributed by atoms with Crippen LogP contribution in [-0.2, 0) is 0 Å². The molecule has 3 heteroatoms. The molecule has 0 aliphatic carbocycles. The summed E-state index contributed by atoms with van der Waals surface area (Å²) in [6, 6.07) is 35.9. The van der Waals surface area contributed by atoms with Gasteiger partial charge in [0.2, 0.25) is 0 Å². The van der Waals surface area contributed by atoms with Crippen LogP contribution in [0, 0.1) is 22.7 Å². The van der Waals surface area contributed by atoms with E-state index in [4.69, 9.17) is 4.74 Å². The second kappa shape index (κ2) is 9.86. The van der Waals surface area contributed by atoms with Gasteiger partial charge >= 0.3 is 0 Å². The van der Waals surface area contributed by atoms with Crippen LogP contribution in [0.5, 0.6) is 11.5 Å². The van der Waals surface area contributed by atoms with Crippen molar-refractivity contribution in [2.45, 2.75) is 25.7 Å². The van der Waals surface area contributed by atoms with Crippen LogP contribution >= 0.6 is 0 Å². The summed E-state index contributed by atoms with van der Waals surface area (Å²) in [7, 11) is 0. The molecule has 0 fully saturated rings. The second-order valence-corrected chi connectivity index (χ2v) is 8.10. The third-order valence-corrected chi connectivity index (χ3v) is 6.03. The Morgan fingerprint density at radius 3 is 1.33 bits per heavy atom. The first-order valence-electron chi connectivity index (χ1n) is 11.0. The fourth-order valence-electron chi connectivity index (χ4n) is 4.06. The van der Waals surface area contributed by atoms with Crippen LogP contribution in [0.15, 0.2) is 97.1 Å². The highest BCUT2D eigenvalue weighted by atomic mass is 16.5. The monoisotopic (exact) mass is 428 g/mol. The maximum atomic E-state index is 9.47. The zero-order valence-corrected chi connectivity index (χ0v) is 18.7. The Morgan fingerprint density at radius 2 is 0.970 bits per heavy atom. The second-order valence-electron chi connectivity index (χ2n) is 8.10. The van der Waals surface area contributed by atoms with Crippen molar-refractivity contribution in [1.82, 2.24) is 0 Å². The molecule has 0 amide bonds. The minimum Gasteiger partial charge on any atom is -0.457 e. The number of ether oxygens (including phenoxy) is 1. The van der Waals surface area contributed by atoms with E-state index in [9.17, 15) is 10.5 Å². The first-order chi connectivity index (χ1) is 16.1. The first kappa shape index (κ1) is 21.9. The fraction of sp³-hybridized carbons (Fsp3) is 0.133. The highest BCUT2D eigenvalue weighted by Crippen LogP contribution is 2.39. The lowest BCUT2D eigenvalue weighted by Gasteiger charge is -2.21. The molecule has 33 heavy (non-hydrogen) atoms. The summed E-state index contributed by atoms with van der Waals surface area (Å²) in [5.74, 6) is 1.50. The van der Waals surface area contributed by atoms with E-state index < -0.39 is 0 Å². The Morgan fingerprint density at radius 1 is 0.576 bits per heavy atom. The summed E-state index contributed by atoms with van der Waals surface area (Å²) in [4.78, 5) is 0. The lowest BCUT2D eigenvalue weighted by atomic mass is 9.90. The SMILES string of the molecule is CC(c1ccccc1)c1cc(C#N)ccc1Oc1ccc(C#N)cc1C(C)c1ccccc1. The molecule has 0 saturated heterocycles. The number of hydrogen-bond donors (Lipinski definition) is 0. The third-order valence-electron chi connectivity index (χ3n) is 6.03. The van der Waals surface area contributed by atoms with E-state index in [0.29, 0.717) is 22.6 Å². The summed E-state index contributed by atoms with van der Waals surface area (Å²) in [5.41, 5.74) is 5.38. The summed E-state index contributed by atoms with van der Waals surface area (Å²) in [6.45, 7) is 4.23. The number of hydrogen-bond acceptors (Lipinski definition) is 3. The minimum absolute atomic E-state index is 0.0443. The van der Waals surface area contributed by atoms with Crippen LogP contribution in [0.25, 0.3) is 0 Å². The molecule has 2 unspecified atom stereocenters. The summed E-state index contributed by atoms with van der Waals surface area (Å²) >= 11 is 0. The zero-order valence-electron chi connectivity index (χ0n) is 18.7. The van der Waals surface area contributed by atoms with Gasteiger partial charge in [-0.2, -0.15) is 10.5 Å². The molecule has 0 saturated carbocycles. The lowest BCUT2D eigenvalue weighted by molar-refractivity contribution is 0.466. The van der Waals surface area contributed by atoms with Gasteiger partial charge in [0.1, 0.15) is 11.5 Å². The average Bonchev–Trinajstić information content (AvgIpc) is 2.89. The van der Waals surface area contributed by atoms with Crippen molar-refractivity contribution in [3.8, 4) is 23.6 Å². The van der Waals surface area contributed by atoms with Gasteiger partial charge in [-0.15, -0.1) is 0 Å². The van der Waals surface area contributed by atoms with E-state index >= 15 is 0 Å². The molecule has 4 aromatic rings. The molecule has 0 aliphatic heterocycles. The largest absolute Gasteiger partial charge is 0.457 e. The highest BCUT2D eigenvalue weighted by Gasteiger charge is 2.19. The van der Waals surface area contributed by atoms with Gasteiger partial charge in [0.05, 0.1) is 23.3 Å². The first-order valence-corrected chi connectivity index (χ1v) is 11.0. The van der Waals surface area contributed by atoms with E-state index in [1.54, 1.807) is 12.1 Å². The van der Waals surface area contributed by atoms with Gasteiger partial charge in [-0.05, 0) is 47.5 Å². The molecule has 160 valence electrons. The molecular weight excluding hydrogens is 404 g/mol. The van der Waals surface area contributed by atoms with E-state index in [2.05, 4.69) is 50.3 Å². The van der Waals surface area contributed by atoms with E-state index in [1.165, 1.54) is 0 Å². The molecule has 4 aromatic carbocycles. The Labute approximate surface area is 195 Å². The van der Waals surface area contributed by atoms with Crippen molar-refractivity contribution in [3.05, 3.63) is 130 Å². The molecule has 0 N–H and O–H groups in total. The predicted molar refractivity (Wildman–Crippen MR) is 130 cm³/mol. The van der Waals surface area contributed by atoms with Crippen LogP contribution in [0.1, 0.15) is 59.1 Å². The number of nitriles is 2. The topological polar surface area (TPSA) is 56.8 Å². The number of rotatable bonds is 6. The Balaban J connectivity index is 1.78. The van der Waals surface area contributed by atoms with Crippen LogP contribution in [0.3, 0.4) is 0 Å². The number of benzene rings is 4. The van der Waals surface area contributed by atoms with Crippen LogP contribution in [0.4, 0.5) is 0 Å². The smallest absolute Gasteiger partial charge is 0.131 e. The molecule has 0 aliphatic rings. The summed E-state index contributed by atoms with van der Waals surface area (Å²) in [6.07, 6.45) is 0. The van der Waals surface area contributed by atoms with Crippen molar-refractivity contribution in [1.29, 1.82) is 10.5 Å². The van der Waals surface area contributed by atoms with E-state index in [-0.39, 0.29) is 11.8 Å². The molecule has 0 radical (unpaired) electrons. The molecule has 2 atom stereocenters. The Kier molecular flexibility index (Phi) is 6.53. The van der Waals surface area contributed by atoms with Crippen LogP contribution in [0.2, 0.25) is 0 Å². The Bertz CT molecular complexity index is 1230. The normalized spacial score (nSPS) is 12.2. The number of nitrogens with zero attached hydrogens (tertiary/aromatic N) is 2. The van der Waals surface area contributed by atoms with Crippen molar-refractivity contribution < 1.29 is 4.74 Å². The van der Waals surface area contributed by atoms with Gasteiger partial charge in [0.15, 0.2) is 0 Å². The Hall–Kier alpha value is -4.34. The van der Waals surface area contributed by atoms with Crippen molar-refractivity contribution in [2.24, 2.45) is 0 Å². The molecular formula is C30H24N2O. The van der Waals surface area contributed by atoms with Gasteiger partial charge < -0.3 is 4.74 Å². The maximum Gasteiger partial charge on any atom is 0.131 e. The van der Waals surface area contributed by atoms with Crippen LogP contribution < -0.4 is 4.74 Å².